The van der Waals surface area contributed by atoms with Crippen LogP contribution >= 0.6 is 11.3 Å². The van der Waals surface area contributed by atoms with Crippen molar-refractivity contribution >= 4 is 27.5 Å². The number of amides is 1. The van der Waals surface area contributed by atoms with E-state index in [0.29, 0.717) is 19.6 Å². The van der Waals surface area contributed by atoms with Gasteiger partial charge in [0.25, 0.3) is 0 Å². The van der Waals surface area contributed by atoms with Crippen LogP contribution in [-0.4, -0.2) is 48.6 Å². The zero-order chi connectivity index (χ0) is 14.7. The van der Waals surface area contributed by atoms with Gasteiger partial charge in [0.1, 0.15) is 5.01 Å². The fraction of sp³-hybridized carbons (Fsp3) is 0.467. The molecule has 1 aliphatic heterocycles. The number of aromatic nitrogens is 1. The van der Waals surface area contributed by atoms with Gasteiger partial charge in [-0.1, -0.05) is 12.1 Å². The lowest BCUT2D eigenvalue weighted by atomic mass is 10.2. The second-order valence-electron chi connectivity index (χ2n) is 5.23. The van der Waals surface area contributed by atoms with Gasteiger partial charge in [-0.25, -0.2) is 4.98 Å². The van der Waals surface area contributed by atoms with Crippen molar-refractivity contribution in [2.24, 2.45) is 0 Å². The SMILES string of the molecule is CN(Cc1nc2ccccc2s1)C(=O)C[C@@H]1CNCCO1. The molecule has 0 saturated carbocycles. The Labute approximate surface area is 127 Å². The number of benzene rings is 1. The van der Waals surface area contributed by atoms with Crippen molar-refractivity contribution in [3.8, 4) is 0 Å². The first-order chi connectivity index (χ1) is 10.2. The molecular formula is C15H19N3O2S. The first kappa shape index (κ1) is 14.4. The Kier molecular flexibility index (Phi) is 4.48. The van der Waals surface area contributed by atoms with E-state index in [1.54, 1.807) is 16.2 Å². The van der Waals surface area contributed by atoms with Gasteiger partial charge in [-0.2, -0.15) is 0 Å². The Hall–Kier alpha value is -1.50. The molecule has 3 rings (SSSR count). The molecule has 0 spiro atoms. The average Bonchev–Trinajstić information content (AvgIpc) is 2.90. The molecule has 1 aromatic carbocycles. The van der Waals surface area contributed by atoms with Crippen molar-refractivity contribution in [2.75, 3.05) is 26.7 Å². The number of carbonyl (C=O) groups excluding carboxylic acids is 1. The minimum atomic E-state index is -0.0101. The standard InChI is InChI=1S/C15H19N3O2S/c1-18(15(19)8-11-9-16-6-7-20-11)10-14-17-12-4-2-3-5-13(12)21-14/h2-5,11,16H,6-10H2,1H3/t11-/m1/s1. The first-order valence-electron chi connectivity index (χ1n) is 7.13. The van der Waals surface area contributed by atoms with Crippen LogP contribution in [0.3, 0.4) is 0 Å². The van der Waals surface area contributed by atoms with Gasteiger partial charge in [0, 0.05) is 20.1 Å². The highest BCUT2D eigenvalue weighted by molar-refractivity contribution is 7.18. The summed E-state index contributed by atoms with van der Waals surface area (Å²) in [5, 5.41) is 4.21. The quantitative estimate of drug-likeness (QED) is 0.933. The van der Waals surface area contributed by atoms with Crippen LogP contribution in [0.4, 0.5) is 0 Å². The number of hydrogen-bond donors (Lipinski definition) is 1. The maximum atomic E-state index is 12.2. The Morgan fingerprint density at radius 3 is 3.14 bits per heavy atom. The van der Waals surface area contributed by atoms with E-state index in [4.69, 9.17) is 4.74 Å². The number of hydrogen-bond acceptors (Lipinski definition) is 5. The van der Waals surface area contributed by atoms with Gasteiger partial charge in [0.05, 0.1) is 35.9 Å². The lowest BCUT2D eigenvalue weighted by Crippen LogP contribution is -2.41. The topological polar surface area (TPSA) is 54.5 Å². The van der Waals surface area contributed by atoms with Crippen LogP contribution in [0.5, 0.6) is 0 Å². The molecule has 2 aromatic rings. The molecule has 112 valence electrons. The second kappa shape index (κ2) is 6.51. The minimum Gasteiger partial charge on any atom is -0.375 e. The number of rotatable bonds is 4. The van der Waals surface area contributed by atoms with Crippen LogP contribution in [-0.2, 0) is 16.1 Å². The van der Waals surface area contributed by atoms with Crippen LogP contribution in [0, 0.1) is 0 Å². The molecule has 5 nitrogen and oxygen atoms in total. The van der Waals surface area contributed by atoms with E-state index < -0.39 is 0 Å². The largest absolute Gasteiger partial charge is 0.375 e. The van der Waals surface area contributed by atoms with Crippen LogP contribution in [0.15, 0.2) is 24.3 Å². The highest BCUT2D eigenvalue weighted by atomic mass is 32.1. The Morgan fingerprint density at radius 2 is 2.38 bits per heavy atom. The number of nitrogens with one attached hydrogen (secondary N) is 1. The number of thiazole rings is 1. The minimum absolute atomic E-state index is 0.0101. The lowest BCUT2D eigenvalue weighted by molar-refractivity contribution is -0.133. The molecule has 21 heavy (non-hydrogen) atoms. The fourth-order valence-corrected chi connectivity index (χ4v) is 3.40. The molecule has 1 aliphatic rings. The number of nitrogens with zero attached hydrogens (tertiary/aromatic N) is 2. The van der Waals surface area contributed by atoms with Gasteiger partial charge in [-0.15, -0.1) is 11.3 Å². The average molecular weight is 305 g/mol. The molecule has 2 heterocycles. The van der Waals surface area contributed by atoms with E-state index in [1.165, 1.54) is 0 Å². The summed E-state index contributed by atoms with van der Waals surface area (Å²) in [6.07, 6.45) is 0.415. The first-order valence-corrected chi connectivity index (χ1v) is 7.95. The summed E-state index contributed by atoms with van der Waals surface area (Å²) in [6, 6.07) is 8.04. The molecule has 6 heteroatoms. The fourth-order valence-electron chi connectivity index (χ4n) is 2.38. The normalized spacial score (nSPS) is 18.8. The van der Waals surface area contributed by atoms with Crippen molar-refractivity contribution in [1.29, 1.82) is 0 Å². The summed E-state index contributed by atoms with van der Waals surface area (Å²) in [6.45, 7) is 2.85. The van der Waals surface area contributed by atoms with E-state index >= 15 is 0 Å². The predicted octanol–water partition coefficient (Wildman–Crippen LogP) is 1.63. The third-order valence-electron chi connectivity index (χ3n) is 3.54. The van der Waals surface area contributed by atoms with Crippen molar-refractivity contribution in [2.45, 2.75) is 19.1 Å². The van der Waals surface area contributed by atoms with Crippen LogP contribution in [0.2, 0.25) is 0 Å². The zero-order valence-corrected chi connectivity index (χ0v) is 12.9. The molecule has 1 fully saturated rings. The van der Waals surface area contributed by atoms with Gasteiger partial charge in [0.2, 0.25) is 5.91 Å². The van der Waals surface area contributed by atoms with Crippen molar-refractivity contribution < 1.29 is 9.53 Å². The molecule has 0 unspecified atom stereocenters. The number of morpholine rings is 1. The Bertz CT molecular complexity index is 589. The van der Waals surface area contributed by atoms with E-state index in [-0.39, 0.29) is 12.0 Å². The third-order valence-corrected chi connectivity index (χ3v) is 4.56. The number of fused-ring (bicyclic) bond motifs is 1. The molecule has 0 bridgehead atoms. The predicted molar refractivity (Wildman–Crippen MR) is 83.3 cm³/mol. The molecule has 1 amide bonds. The monoisotopic (exact) mass is 305 g/mol. The second-order valence-corrected chi connectivity index (χ2v) is 6.34. The Morgan fingerprint density at radius 1 is 1.52 bits per heavy atom. The zero-order valence-electron chi connectivity index (χ0n) is 12.0. The van der Waals surface area contributed by atoms with E-state index in [0.717, 1.165) is 28.3 Å². The highest BCUT2D eigenvalue weighted by Crippen LogP contribution is 2.22. The molecule has 1 N–H and O–H groups in total. The smallest absolute Gasteiger partial charge is 0.225 e. The van der Waals surface area contributed by atoms with Crippen molar-refractivity contribution in [3.05, 3.63) is 29.3 Å². The van der Waals surface area contributed by atoms with E-state index in [2.05, 4.69) is 16.4 Å². The van der Waals surface area contributed by atoms with Crippen LogP contribution in [0.1, 0.15) is 11.4 Å². The van der Waals surface area contributed by atoms with Gasteiger partial charge in [-0.05, 0) is 12.1 Å². The molecule has 1 saturated heterocycles. The molecule has 0 radical (unpaired) electrons. The maximum absolute atomic E-state index is 12.2. The van der Waals surface area contributed by atoms with E-state index in [9.17, 15) is 4.79 Å². The number of carbonyl (C=O) groups is 1. The number of ether oxygens (including phenoxy) is 1. The lowest BCUT2D eigenvalue weighted by Gasteiger charge is -2.25. The van der Waals surface area contributed by atoms with Gasteiger partial charge >= 0.3 is 0 Å². The number of para-hydroxylation sites is 1. The summed E-state index contributed by atoms with van der Waals surface area (Å²) in [4.78, 5) is 18.5. The molecule has 0 aliphatic carbocycles. The highest BCUT2D eigenvalue weighted by Gasteiger charge is 2.20. The van der Waals surface area contributed by atoms with Crippen molar-refractivity contribution in [3.63, 3.8) is 0 Å². The van der Waals surface area contributed by atoms with Crippen LogP contribution < -0.4 is 5.32 Å². The summed E-state index contributed by atoms with van der Waals surface area (Å²) < 4.78 is 6.73. The maximum Gasteiger partial charge on any atom is 0.225 e. The molecular weight excluding hydrogens is 286 g/mol. The Balaban J connectivity index is 1.59. The summed E-state index contributed by atoms with van der Waals surface area (Å²) in [5.74, 6) is 0.1000. The van der Waals surface area contributed by atoms with Crippen molar-refractivity contribution in [1.82, 2.24) is 15.2 Å². The summed E-state index contributed by atoms with van der Waals surface area (Å²) in [5.41, 5.74) is 0.998. The molecule has 1 aromatic heterocycles. The summed E-state index contributed by atoms with van der Waals surface area (Å²) in [7, 11) is 1.82. The third kappa shape index (κ3) is 3.58. The van der Waals surface area contributed by atoms with E-state index in [1.807, 2.05) is 25.2 Å². The molecule has 1 atom stereocenters. The van der Waals surface area contributed by atoms with Gasteiger partial charge in [0.15, 0.2) is 0 Å². The van der Waals surface area contributed by atoms with Gasteiger partial charge in [-0.3, -0.25) is 4.79 Å². The van der Waals surface area contributed by atoms with Crippen LogP contribution in [0.25, 0.3) is 10.2 Å². The van der Waals surface area contributed by atoms with Gasteiger partial charge < -0.3 is 15.0 Å². The summed E-state index contributed by atoms with van der Waals surface area (Å²) >= 11 is 1.64.